The van der Waals surface area contributed by atoms with Crippen LogP contribution in [0.15, 0.2) is 33.2 Å². The molecule has 0 saturated carbocycles. The van der Waals surface area contributed by atoms with Gasteiger partial charge in [0.2, 0.25) is 5.82 Å². The van der Waals surface area contributed by atoms with Gasteiger partial charge in [0.05, 0.1) is 16.6 Å². The van der Waals surface area contributed by atoms with Crippen LogP contribution in [-0.4, -0.2) is 48.7 Å². The highest BCUT2D eigenvalue weighted by molar-refractivity contribution is 9.11. The predicted octanol–water partition coefficient (Wildman–Crippen LogP) is 3.00. The first kappa shape index (κ1) is 19.2. The molecule has 3 rings (SSSR count). The third-order valence-electron chi connectivity index (χ3n) is 3.70. The number of aromatic nitrogens is 5. The number of H-pyrrole nitrogens is 1. The smallest absolute Gasteiger partial charge is 0.404 e. The summed E-state index contributed by atoms with van der Waals surface area (Å²) in [5.74, 6) is 0.162. The van der Waals surface area contributed by atoms with Crippen LogP contribution in [0.5, 0.6) is 0 Å². The first-order chi connectivity index (χ1) is 12.9. The van der Waals surface area contributed by atoms with Crippen molar-refractivity contribution in [3.63, 3.8) is 0 Å². The van der Waals surface area contributed by atoms with Crippen LogP contribution in [0, 0.1) is 6.92 Å². The largest absolute Gasteiger partial charge is 0.465 e. The molecule has 2 heterocycles. The highest BCUT2D eigenvalue weighted by Crippen LogP contribution is 2.32. The van der Waals surface area contributed by atoms with E-state index in [-0.39, 0.29) is 18.9 Å². The topological polar surface area (TPSA) is 126 Å². The maximum atomic E-state index is 12.9. The molecule has 0 aliphatic heterocycles. The van der Waals surface area contributed by atoms with Gasteiger partial charge in [0.1, 0.15) is 5.69 Å². The van der Waals surface area contributed by atoms with Crippen LogP contribution in [0.4, 0.5) is 4.79 Å². The molecule has 140 valence electrons. The number of hydrogen-bond donors (Lipinski definition) is 3. The number of aromatic amines is 1. The number of nitrogens with one attached hydrogen (secondary N) is 2. The van der Waals surface area contributed by atoms with Gasteiger partial charge in [0.15, 0.2) is 5.78 Å². The highest BCUT2D eigenvalue weighted by Gasteiger charge is 2.23. The fourth-order valence-electron chi connectivity index (χ4n) is 2.49. The maximum absolute atomic E-state index is 12.9. The van der Waals surface area contributed by atoms with Gasteiger partial charge < -0.3 is 15.4 Å². The van der Waals surface area contributed by atoms with Gasteiger partial charge in [-0.3, -0.25) is 4.79 Å². The lowest BCUT2D eigenvalue weighted by Gasteiger charge is -2.02. The Kier molecular flexibility index (Phi) is 5.71. The molecule has 27 heavy (non-hydrogen) atoms. The molecule has 3 N–H and O–H groups in total. The third kappa shape index (κ3) is 4.25. The Morgan fingerprint density at radius 3 is 2.81 bits per heavy atom. The molecule has 0 unspecified atom stereocenters. The van der Waals surface area contributed by atoms with E-state index in [2.05, 4.69) is 57.6 Å². The fourth-order valence-corrected chi connectivity index (χ4v) is 3.65. The highest BCUT2D eigenvalue weighted by atomic mass is 79.9. The molecular weight excluding hydrogens is 484 g/mol. The number of carboxylic acid groups (broad SMARTS) is 1. The SMILES string of the molecule is Cc1[nH]c(-c2nnn(CCNC(=O)O)n2)c(Br)c1C(=O)c1cccc(Br)c1. The molecule has 0 aliphatic carbocycles. The Morgan fingerprint density at radius 1 is 1.33 bits per heavy atom. The summed E-state index contributed by atoms with van der Waals surface area (Å²) in [5.41, 5.74) is 2.25. The van der Waals surface area contributed by atoms with E-state index in [0.29, 0.717) is 32.8 Å². The quantitative estimate of drug-likeness (QED) is 0.449. The molecule has 0 atom stereocenters. The second-order valence-electron chi connectivity index (χ2n) is 5.59. The van der Waals surface area contributed by atoms with Gasteiger partial charge in [0, 0.05) is 22.3 Å². The Balaban J connectivity index is 1.87. The van der Waals surface area contributed by atoms with Gasteiger partial charge in [-0.2, -0.15) is 4.80 Å². The van der Waals surface area contributed by atoms with Crippen LogP contribution in [0.1, 0.15) is 21.6 Å². The standard InChI is InChI=1S/C16H14Br2N6O3/c1-8-11(14(25)9-3-2-4-10(17)7-9)12(18)13(20-8)15-21-23-24(22-15)6-5-19-16(26)27/h2-4,7,19-20H,5-6H2,1H3,(H,26,27). The average Bonchev–Trinajstić information content (AvgIpc) is 3.18. The number of benzene rings is 1. The molecule has 2 aromatic heterocycles. The van der Waals surface area contributed by atoms with Crippen molar-refractivity contribution in [2.45, 2.75) is 13.5 Å². The predicted molar refractivity (Wildman–Crippen MR) is 104 cm³/mol. The Hall–Kier alpha value is -2.53. The molecule has 1 amide bonds. The van der Waals surface area contributed by atoms with E-state index in [9.17, 15) is 9.59 Å². The van der Waals surface area contributed by atoms with E-state index in [4.69, 9.17) is 5.11 Å². The number of halogens is 2. The Labute approximate surface area is 170 Å². The van der Waals surface area contributed by atoms with Crippen molar-refractivity contribution >= 4 is 43.7 Å². The molecule has 0 saturated heterocycles. The van der Waals surface area contributed by atoms with Crippen LogP contribution < -0.4 is 5.32 Å². The van der Waals surface area contributed by atoms with Crippen LogP contribution in [0.2, 0.25) is 0 Å². The van der Waals surface area contributed by atoms with Crippen molar-refractivity contribution in [3.8, 4) is 11.5 Å². The number of tetrazole rings is 1. The summed E-state index contributed by atoms with van der Waals surface area (Å²) in [6.07, 6.45) is -1.12. The third-order valence-corrected chi connectivity index (χ3v) is 4.99. The minimum absolute atomic E-state index is 0.138. The van der Waals surface area contributed by atoms with E-state index in [0.717, 1.165) is 4.47 Å². The van der Waals surface area contributed by atoms with Gasteiger partial charge in [-0.15, -0.1) is 10.2 Å². The van der Waals surface area contributed by atoms with Crippen LogP contribution in [0.25, 0.3) is 11.5 Å². The van der Waals surface area contributed by atoms with Crippen LogP contribution in [-0.2, 0) is 6.54 Å². The molecule has 0 aliphatic rings. The zero-order valence-corrected chi connectivity index (χ0v) is 17.2. The van der Waals surface area contributed by atoms with Gasteiger partial charge >= 0.3 is 6.09 Å². The normalized spacial score (nSPS) is 10.8. The molecule has 1 aromatic carbocycles. The van der Waals surface area contributed by atoms with Crippen LogP contribution in [0.3, 0.4) is 0 Å². The number of amides is 1. The van der Waals surface area contributed by atoms with Gasteiger partial charge in [-0.05, 0) is 40.2 Å². The molecular formula is C16H14Br2N6O3. The fraction of sp³-hybridized carbons (Fsp3) is 0.188. The summed E-state index contributed by atoms with van der Waals surface area (Å²) >= 11 is 6.83. The Bertz CT molecular complexity index is 1010. The van der Waals surface area contributed by atoms with E-state index in [1.807, 2.05) is 6.07 Å². The van der Waals surface area contributed by atoms with Crippen molar-refractivity contribution in [1.29, 1.82) is 0 Å². The number of hydrogen-bond acceptors (Lipinski definition) is 5. The van der Waals surface area contributed by atoms with Crippen LogP contribution >= 0.6 is 31.9 Å². The molecule has 0 bridgehead atoms. The summed E-state index contributed by atoms with van der Waals surface area (Å²) in [7, 11) is 0. The molecule has 0 spiro atoms. The lowest BCUT2D eigenvalue weighted by Crippen LogP contribution is -2.25. The molecule has 3 aromatic rings. The first-order valence-corrected chi connectivity index (χ1v) is 9.38. The molecule has 11 heteroatoms. The zero-order chi connectivity index (χ0) is 19.6. The minimum Gasteiger partial charge on any atom is -0.465 e. The van der Waals surface area contributed by atoms with E-state index < -0.39 is 6.09 Å². The minimum atomic E-state index is -1.12. The average molecular weight is 498 g/mol. The van der Waals surface area contributed by atoms with Crippen molar-refractivity contribution in [3.05, 3.63) is 50.0 Å². The van der Waals surface area contributed by atoms with Crippen molar-refractivity contribution in [2.75, 3.05) is 6.54 Å². The van der Waals surface area contributed by atoms with Crippen molar-refractivity contribution in [2.24, 2.45) is 0 Å². The lowest BCUT2D eigenvalue weighted by atomic mass is 10.0. The second-order valence-corrected chi connectivity index (χ2v) is 7.30. The van der Waals surface area contributed by atoms with Gasteiger partial charge in [-0.1, -0.05) is 28.1 Å². The Morgan fingerprint density at radius 2 is 2.11 bits per heavy atom. The summed E-state index contributed by atoms with van der Waals surface area (Å²) < 4.78 is 1.37. The summed E-state index contributed by atoms with van der Waals surface area (Å²) in [4.78, 5) is 27.8. The molecule has 0 fully saturated rings. The summed E-state index contributed by atoms with van der Waals surface area (Å²) in [5, 5.41) is 22.9. The van der Waals surface area contributed by atoms with Crippen molar-refractivity contribution < 1.29 is 14.7 Å². The monoisotopic (exact) mass is 496 g/mol. The number of ketones is 1. The van der Waals surface area contributed by atoms with Gasteiger partial charge in [-0.25, -0.2) is 4.79 Å². The molecule has 0 radical (unpaired) electrons. The zero-order valence-electron chi connectivity index (χ0n) is 14.0. The number of rotatable bonds is 6. The summed E-state index contributed by atoms with van der Waals surface area (Å²) in [6, 6.07) is 7.15. The molecule has 9 nitrogen and oxygen atoms in total. The van der Waals surface area contributed by atoms with Crippen molar-refractivity contribution in [1.82, 2.24) is 30.5 Å². The van der Waals surface area contributed by atoms with E-state index in [1.165, 1.54) is 4.80 Å². The van der Waals surface area contributed by atoms with E-state index >= 15 is 0 Å². The number of nitrogens with zero attached hydrogens (tertiary/aromatic N) is 4. The summed E-state index contributed by atoms with van der Waals surface area (Å²) in [6.45, 7) is 2.18. The lowest BCUT2D eigenvalue weighted by molar-refractivity contribution is 0.103. The second kappa shape index (κ2) is 8.01. The number of aryl methyl sites for hydroxylation is 1. The number of carbonyl (C=O) groups excluding carboxylic acids is 1. The number of carbonyl (C=O) groups is 2. The first-order valence-electron chi connectivity index (χ1n) is 7.80. The van der Waals surface area contributed by atoms with E-state index in [1.54, 1.807) is 25.1 Å². The van der Waals surface area contributed by atoms with Gasteiger partial charge in [0.25, 0.3) is 0 Å². The maximum Gasteiger partial charge on any atom is 0.404 e.